The van der Waals surface area contributed by atoms with E-state index in [1.165, 1.54) is 0 Å². The predicted octanol–water partition coefficient (Wildman–Crippen LogP) is 2.94. The van der Waals surface area contributed by atoms with E-state index in [0.717, 1.165) is 22.4 Å². The van der Waals surface area contributed by atoms with Gasteiger partial charge in [-0.15, -0.1) is 0 Å². The SMILES string of the molecule is CN(Cc1cnc2ccc(Br)cn12)C(CO)C(C)(C)C. The molecule has 0 aromatic carbocycles. The van der Waals surface area contributed by atoms with Crippen LogP contribution in [-0.4, -0.2) is 39.1 Å². The lowest BCUT2D eigenvalue weighted by Crippen LogP contribution is -2.44. The Labute approximate surface area is 128 Å². The van der Waals surface area contributed by atoms with Crippen LogP contribution >= 0.6 is 15.9 Å². The second-order valence-corrected chi connectivity index (χ2v) is 7.22. The summed E-state index contributed by atoms with van der Waals surface area (Å²) < 4.78 is 3.11. The zero-order chi connectivity index (χ0) is 14.9. The van der Waals surface area contributed by atoms with Crippen LogP contribution in [0.2, 0.25) is 0 Å². The number of halogens is 1. The highest BCUT2D eigenvalue weighted by molar-refractivity contribution is 9.10. The van der Waals surface area contributed by atoms with E-state index in [-0.39, 0.29) is 18.1 Å². The highest BCUT2D eigenvalue weighted by Gasteiger charge is 2.28. The number of rotatable bonds is 4. The van der Waals surface area contributed by atoms with Gasteiger partial charge in [0.1, 0.15) is 5.65 Å². The first-order valence-corrected chi connectivity index (χ1v) is 7.55. The number of aliphatic hydroxyl groups excluding tert-OH is 1. The number of fused-ring (bicyclic) bond motifs is 1. The summed E-state index contributed by atoms with van der Waals surface area (Å²) in [6, 6.07) is 4.09. The van der Waals surface area contributed by atoms with Crippen LogP contribution in [0.3, 0.4) is 0 Å². The van der Waals surface area contributed by atoms with Crippen molar-refractivity contribution in [3.8, 4) is 0 Å². The van der Waals surface area contributed by atoms with E-state index in [4.69, 9.17) is 0 Å². The number of aromatic nitrogens is 2. The molecule has 2 aromatic heterocycles. The molecule has 1 unspecified atom stereocenters. The Bertz CT molecular complexity index is 588. The molecule has 2 aromatic rings. The topological polar surface area (TPSA) is 40.8 Å². The molecule has 2 rings (SSSR count). The minimum Gasteiger partial charge on any atom is -0.395 e. The van der Waals surface area contributed by atoms with E-state index in [0.29, 0.717) is 0 Å². The Morgan fingerprint density at radius 3 is 2.70 bits per heavy atom. The van der Waals surface area contributed by atoms with Crippen LogP contribution in [-0.2, 0) is 6.54 Å². The van der Waals surface area contributed by atoms with Crippen molar-refractivity contribution in [3.63, 3.8) is 0 Å². The van der Waals surface area contributed by atoms with Crippen molar-refractivity contribution in [2.45, 2.75) is 33.4 Å². The fraction of sp³-hybridized carbons (Fsp3) is 0.533. The molecule has 0 aliphatic rings. The highest BCUT2D eigenvalue weighted by atomic mass is 79.9. The first-order valence-electron chi connectivity index (χ1n) is 6.75. The van der Waals surface area contributed by atoms with E-state index >= 15 is 0 Å². The molecule has 20 heavy (non-hydrogen) atoms. The van der Waals surface area contributed by atoms with Crippen LogP contribution in [0.25, 0.3) is 5.65 Å². The Kier molecular flexibility index (Phi) is 4.52. The normalized spacial score (nSPS) is 14.2. The molecule has 0 bridgehead atoms. The van der Waals surface area contributed by atoms with Gasteiger partial charge in [0.15, 0.2) is 0 Å². The third-order valence-corrected chi connectivity index (χ3v) is 4.13. The van der Waals surface area contributed by atoms with Crippen molar-refractivity contribution >= 4 is 21.6 Å². The molecule has 0 radical (unpaired) electrons. The molecule has 1 N–H and O–H groups in total. The van der Waals surface area contributed by atoms with Crippen molar-refractivity contribution < 1.29 is 5.11 Å². The molecular formula is C15H22BrN3O. The van der Waals surface area contributed by atoms with E-state index in [1.807, 2.05) is 31.6 Å². The van der Waals surface area contributed by atoms with Crippen LogP contribution in [0.5, 0.6) is 0 Å². The fourth-order valence-electron chi connectivity index (χ4n) is 2.56. The molecule has 5 heteroatoms. The smallest absolute Gasteiger partial charge is 0.136 e. The molecule has 4 nitrogen and oxygen atoms in total. The Balaban J connectivity index is 2.25. The molecule has 0 spiro atoms. The third-order valence-electron chi connectivity index (χ3n) is 3.66. The summed E-state index contributed by atoms with van der Waals surface area (Å²) in [5.41, 5.74) is 2.09. The van der Waals surface area contributed by atoms with Gasteiger partial charge in [0.25, 0.3) is 0 Å². The van der Waals surface area contributed by atoms with Crippen molar-refractivity contribution in [1.29, 1.82) is 0 Å². The quantitative estimate of drug-likeness (QED) is 0.930. The van der Waals surface area contributed by atoms with Gasteiger partial charge >= 0.3 is 0 Å². The Morgan fingerprint density at radius 1 is 1.40 bits per heavy atom. The van der Waals surface area contributed by atoms with E-state index in [9.17, 15) is 5.11 Å². The van der Waals surface area contributed by atoms with Crippen LogP contribution in [0.15, 0.2) is 29.0 Å². The number of aliphatic hydroxyl groups is 1. The van der Waals surface area contributed by atoms with E-state index in [1.54, 1.807) is 0 Å². The number of hydrogen-bond acceptors (Lipinski definition) is 3. The molecule has 2 heterocycles. The number of hydrogen-bond donors (Lipinski definition) is 1. The second-order valence-electron chi connectivity index (χ2n) is 6.30. The van der Waals surface area contributed by atoms with Gasteiger partial charge in [-0.05, 0) is 40.5 Å². The fourth-order valence-corrected chi connectivity index (χ4v) is 2.90. The number of imidazole rings is 1. The van der Waals surface area contributed by atoms with Crippen LogP contribution in [0.1, 0.15) is 26.5 Å². The maximum Gasteiger partial charge on any atom is 0.136 e. The summed E-state index contributed by atoms with van der Waals surface area (Å²) in [7, 11) is 2.05. The van der Waals surface area contributed by atoms with Gasteiger partial charge in [0, 0.05) is 23.3 Å². The van der Waals surface area contributed by atoms with Gasteiger partial charge in [0.2, 0.25) is 0 Å². The maximum atomic E-state index is 9.65. The Hall–Kier alpha value is -0.910. The largest absolute Gasteiger partial charge is 0.395 e. The zero-order valence-electron chi connectivity index (χ0n) is 12.5. The summed E-state index contributed by atoms with van der Waals surface area (Å²) in [6.45, 7) is 7.35. The summed E-state index contributed by atoms with van der Waals surface area (Å²) in [4.78, 5) is 6.60. The molecule has 0 fully saturated rings. The van der Waals surface area contributed by atoms with Gasteiger partial charge in [-0.1, -0.05) is 20.8 Å². The lowest BCUT2D eigenvalue weighted by Gasteiger charge is -2.36. The van der Waals surface area contributed by atoms with E-state index in [2.05, 4.69) is 51.0 Å². The average molecular weight is 340 g/mol. The summed E-state index contributed by atoms with van der Waals surface area (Å²) in [6.07, 6.45) is 3.92. The third kappa shape index (κ3) is 3.22. The standard InChI is InChI=1S/C15H22BrN3O/c1-15(2,3)13(10-20)18(4)9-12-7-17-14-6-5-11(16)8-19(12)14/h5-8,13,20H,9-10H2,1-4H3. The summed E-state index contributed by atoms with van der Waals surface area (Å²) in [5, 5.41) is 9.65. The summed E-state index contributed by atoms with van der Waals surface area (Å²) in [5.74, 6) is 0. The minimum absolute atomic E-state index is 0.0323. The van der Waals surface area contributed by atoms with Crippen molar-refractivity contribution in [1.82, 2.24) is 14.3 Å². The molecule has 0 aliphatic carbocycles. The van der Waals surface area contributed by atoms with Crippen LogP contribution in [0.4, 0.5) is 0 Å². The van der Waals surface area contributed by atoms with Gasteiger partial charge < -0.3 is 9.51 Å². The lowest BCUT2D eigenvalue weighted by atomic mass is 9.86. The zero-order valence-corrected chi connectivity index (χ0v) is 14.1. The first kappa shape index (κ1) is 15.5. The molecule has 0 saturated heterocycles. The van der Waals surface area contributed by atoms with Crippen LogP contribution < -0.4 is 0 Å². The molecule has 0 saturated carbocycles. The average Bonchev–Trinajstić information content (AvgIpc) is 2.71. The van der Waals surface area contributed by atoms with Gasteiger partial charge in [-0.25, -0.2) is 4.98 Å². The van der Waals surface area contributed by atoms with Crippen molar-refractivity contribution in [3.05, 3.63) is 34.7 Å². The highest BCUT2D eigenvalue weighted by Crippen LogP contribution is 2.24. The predicted molar refractivity (Wildman–Crippen MR) is 84.7 cm³/mol. The van der Waals surface area contributed by atoms with E-state index < -0.39 is 0 Å². The number of nitrogens with zero attached hydrogens (tertiary/aromatic N) is 3. The summed E-state index contributed by atoms with van der Waals surface area (Å²) >= 11 is 3.49. The molecular weight excluding hydrogens is 318 g/mol. The first-order chi connectivity index (χ1) is 9.32. The molecule has 0 aliphatic heterocycles. The molecule has 0 amide bonds. The minimum atomic E-state index is 0.0323. The maximum absolute atomic E-state index is 9.65. The van der Waals surface area contributed by atoms with Crippen LogP contribution in [0, 0.1) is 5.41 Å². The lowest BCUT2D eigenvalue weighted by molar-refractivity contribution is 0.0605. The van der Waals surface area contributed by atoms with Gasteiger partial charge in [-0.3, -0.25) is 4.90 Å². The molecule has 110 valence electrons. The monoisotopic (exact) mass is 339 g/mol. The number of pyridine rings is 1. The second kappa shape index (κ2) is 5.84. The van der Waals surface area contributed by atoms with Gasteiger partial charge in [-0.2, -0.15) is 0 Å². The number of likely N-dealkylation sites (N-methyl/N-ethyl adjacent to an activating group) is 1. The Morgan fingerprint density at radius 2 is 2.10 bits per heavy atom. The molecule has 1 atom stereocenters. The van der Waals surface area contributed by atoms with Crippen molar-refractivity contribution in [2.24, 2.45) is 5.41 Å². The van der Waals surface area contributed by atoms with Crippen molar-refractivity contribution in [2.75, 3.05) is 13.7 Å². The van der Waals surface area contributed by atoms with Gasteiger partial charge in [0.05, 0.1) is 18.5 Å².